The minimum atomic E-state index is -0.485. The third-order valence-corrected chi connectivity index (χ3v) is 3.99. The highest BCUT2D eigenvalue weighted by atomic mass is 35.5. The Morgan fingerprint density at radius 1 is 1.36 bits per heavy atom. The number of hydrogen-bond donors (Lipinski definition) is 0. The standard InChI is InChI=1S/C15H11ClN2O3S/c16-11-3-1-2-10(6-11)13(19)9-21-14(20)7-12-8-18-4-5-22-15(18)17-12/h1-6,8H,7,9H2. The van der Waals surface area contributed by atoms with Crippen LogP contribution in [0.3, 0.4) is 0 Å². The number of esters is 1. The Bertz CT molecular complexity index is 812. The van der Waals surface area contributed by atoms with Gasteiger partial charge in [0, 0.05) is 28.4 Å². The van der Waals surface area contributed by atoms with E-state index in [1.54, 1.807) is 30.5 Å². The van der Waals surface area contributed by atoms with Gasteiger partial charge in [-0.15, -0.1) is 11.3 Å². The van der Waals surface area contributed by atoms with Crippen LogP contribution in [0.2, 0.25) is 5.02 Å². The summed E-state index contributed by atoms with van der Waals surface area (Å²) in [7, 11) is 0. The summed E-state index contributed by atoms with van der Waals surface area (Å²) < 4.78 is 6.83. The van der Waals surface area contributed by atoms with Crippen molar-refractivity contribution in [3.8, 4) is 0 Å². The fraction of sp³-hybridized carbons (Fsp3) is 0.133. The number of imidazole rings is 1. The summed E-state index contributed by atoms with van der Waals surface area (Å²) in [6.45, 7) is -0.304. The molecule has 0 spiro atoms. The molecule has 112 valence electrons. The number of ether oxygens (including phenoxy) is 1. The van der Waals surface area contributed by atoms with Crippen molar-refractivity contribution in [3.05, 3.63) is 58.3 Å². The number of thiazole rings is 1. The zero-order chi connectivity index (χ0) is 15.5. The lowest BCUT2D eigenvalue weighted by Crippen LogP contribution is -2.15. The maximum atomic E-state index is 11.9. The van der Waals surface area contributed by atoms with Crippen molar-refractivity contribution < 1.29 is 14.3 Å². The molecule has 0 saturated carbocycles. The number of carbonyl (C=O) groups is 2. The lowest BCUT2D eigenvalue weighted by atomic mass is 10.1. The van der Waals surface area contributed by atoms with Crippen LogP contribution in [0.4, 0.5) is 0 Å². The molecule has 0 amide bonds. The van der Waals surface area contributed by atoms with Crippen molar-refractivity contribution in [3.63, 3.8) is 0 Å². The molecule has 0 aliphatic rings. The second kappa shape index (κ2) is 6.29. The van der Waals surface area contributed by atoms with Gasteiger partial charge in [0.15, 0.2) is 17.4 Å². The summed E-state index contributed by atoms with van der Waals surface area (Å²) in [4.78, 5) is 28.8. The number of hydrogen-bond acceptors (Lipinski definition) is 5. The van der Waals surface area contributed by atoms with Gasteiger partial charge in [0.1, 0.15) is 0 Å². The molecule has 2 aromatic heterocycles. The molecule has 7 heteroatoms. The Labute approximate surface area is 135 Å². The third-order valence-electron chi connectivity index (χ3n) is 2.98. The van der Waals surface area contributed by atoms with Gasteiger partial charge in [0.25, 0.3) is 0 Å². The van der Waals surface area contributed by atoms with E-state index in [0.717, 1.165) is 4.96 Å². The van der Waals surface area contributed by atoms with Gasteiger partial charge in [-0.2, -0.15) is 0 Å². The lowest BCUT2D eigenvalue weighted by Gasteiger charge is -2.03. The minimum Gasteiger partial charge on any atom is -0.457 e. The van der Waals surface area contributed by atoms with E-state index in [9.17, 15) is 9.59 Å². The molecule has 3 aromatic rings. The average Bonchev–Trinajstić information content (AvgIpc) is 3.06. The maximum absolute atomic E-state index is 11.9. The zero-order valence-electron chi connectivity index (χ0n) is 11.4. The van der Waals surface area contributed by atoms with E-state index >= 15 is 0 Å². The van der Waals surface area contributed by atoms with Crippen LogP contribution in [0.5, 0.6) is 0 Å². The summed E-state index contributed by atoms with van der Waals surface area (Å²) in [6.07, 6.45) is 3.67. The molecule has 0 bridgehead atoms. The van der Waals surface area contributed by atoms with E-state index in [-0.39, 0.29) is 18.8 Å². The number of benzene rings is 1. The second-order valence-corrected chi connectivity index (χ2v) is 5.91. The summed E-state index contributed by atoms with van der Waals surface area (Å²) in [5.41, 5.74) is 1.04. The highest BCUT2D eigenvalue weighted by Crippen LogP contribution is 2.13. The Morgan fingerprint density at radius 3 is 3.00 bits per heavy atom. The quantitative estimate of drug-likeness (QED) is 0.531. The first-order valence-corrected chi connectivity index (χ1v) is 7.73. The molecule has 3 rings (SSSR count). The SMILES string of the molecule is O=C(Cc1cn2ccsc2n1)OCC(=O)c1cccc(Cl)c1. The van der Waals surface area contributed by atoms with E-state index in [2.05, 4.69) is 4.98 Å². The fourth-order valence-corrected chi connectivity index (χ4v) is 2.86. The molecule has 0 radical (unpaired) electrons. The highest BCUT2D eigenvalue weighted by molar-refractivity contribution is 7.15. The largest absolute Gasteiger partial charge is 0.457 e. The summed E-state index contributed by atoms with van der Waals surface area (Å²) in [5, 5.41) is 2.38. The van der Waals surface area contributed by atoms with Gasteiger partial charge in [-0.05, 0) is 12.1 Å². The predicted octanol–water partition coefficient (Wildman–Crippen LogP) is 3.02. The van der Waals surface area contributed by atoms with Crippen molar-refractivity contribution in [2.24, 2.45) is 0 Å². The van der Waals surface area contributed by atoms with Gasteiger partial charge in [-0.25, -0.2) is 4.98 Å². The Hall–Kier alpha value is -2.18. The summed E-state index contributed by atoms with van der Waals surface area (Å²) in [6, 6.07) is 6.52. The van der Waals surface area contributed by atoms with Crippen molar-refractivity contribution in [2.75, 3.05) is 6.61 Å². The van der Waals surface area contributed by atoms with Gasteiger partial charge in [0.05, 0.1) is 12.1 Å². The van der Waals surface area contributed by atoms with E-state index in [4.69, 9.17) is 16.3 Å². The molecule has 0 fully saturated rings. The maximum Gasteiger partial charge on any atom is 0.312 e. The zero-order valence-corrected chi connectivity index (χ0v) is 12.9. The van der Waals surface area contributed by atoms with Crippen molar-refractivity contribution in [1.82, 2.24) is 9.38 Å². The molecule has 0 unspecified atom stereocenters. The summed E-state index contributed by atoms with van der Waals surface area (Å²) >= 11 is 7.30. The predicted molar refractivity (Wildman–Crippen MR) is 83.5 cm³/mol. The number of nitrogens with zero attached hydrogens (tertiary/aromatic N) is 2. The number of fused-ring (bicyclic) bond motifs is 1. The fourth-order valence-electron chi connectivity index (χ4n) is 1.95. The van der Waals surface area contributed by atoms with Crippen LogP contribution < -0.4 is 0 Å². The number of halogens is 1. The van der Waals surface area contributed by atoms with Crippen LogP contribution in [0.1, 0.15) is 16.1 Å². The van der Waals surface area contributed by atoms with E-state index in [1.807, 2.05) is 16.0 Å². The Morgan fingerprint density at radius 2 is 2.23 bits per heavy atom. The molecule has 1 aromatic carbocycles. The molecule has 0 saturated heterocycles. The van der Waals surface area contributed by atoms with E-state index < -0.39 is 5.97 Å². The third kappa shape index (κ3) is 3.35. The topological polar surface area (TPSA) is 60.7 Å². The second-order valence-electron chi connectivity index (χ2n) is 4.60. The lowest BCUT2D eigenvalue weighted by molar-refractivity contribution is -0.141. The molecule has 2 heterocycles. The smallest absolute Gasteiger partial charge is 0.312 e. The molecule has 0 aliphatic heterocycles. The van der Waals surface area contributed by atoms with Gasteiger partial charge >= 0.3 is 5.97 Å². The van der Waals surface area contributed by atoms with Crippen LogP contribution in [0.25, 0.3) is 4.96 Å². The van der Waals surface area contributed by atoms with E-state index in [0.29, 0.717) is 16.3 Å². The molecule has 0 N–H and O–H groups in total. The van der Waals surface area contributed by atoms with E-state index in [1.165, 1.54) is 11.3 Å². The first-order valence-electron chi connectivity index (χ1n) is 6.47. The van der Waals surface area contributed by atoms with Crippen LogP contribution in [-0.4, -0.2) is 27.7 Å². The molecule has 0 aliphatic carbocycles. The number of ketones is 1. The molecule has 5 nitrogen and oxygen atoms in total. The first-order chi connectivity index (χ1) is 10.6. The number of carbonyl (C=O) groups excluding carboxylic acids is 2. The number of Topliss-reactive ketones (excluding diaryl/α,β-unsaturated/α-hetero) is 1. The highest BCUT2D eigenvalue weighted by Gasteiger charge is 2.13. The van der Waals surface area contributed by atoms with Crippen molar-refractivity contribution in [2.45, 2.75) is 6.42 Å². The van der Waals surface area contributed by atoms with Crippen LogP contribution in [0, 0.1) is 0 Å². The van der Waals surface area contributed by atoms with Gasteiger partial charge < -0.3 is 4.74 Å². The number of rotatable bonds is 5. The van der Waals surface area contributed by atoms with Gasteiger partial charge in [0.2, 0.25) is 0 Å². The van der Waals surface area contributed by atoms with Gasteiger partial charge in [-0.3, -0.25) is 14.0 Å². The Kier molecular flexibility index (Phi) is 4.22. The average molecular weight is 335 g/mol. The minimum absolute atomic E-state index is 0.0389. The monoisotopic (exact) mass is 334 g/mol. The summed E-state index contributed by atoms with van der Waals surface area (Å²) in [5.74, 6) is -0.775. The molecular formula is C15H11ClN2O3S. The first kappa shape index (κ1) is 14.7. The molecular weight excluding hydrogens is 324 g/mol. The van der Waals surface area contributed by atoms with Crippen LogP contribution >= 0.6 is 22.9 Å². The number of aromatic nitrogens is 2. The Balaban J connectivity index is 1.55. The molecule has 22 heavy (non-hydrogen) atoms. The normalized spacial score (nSPS) is 10.8. The van der Waals surface area contributed by atoms with Crippen LogP contribution in [-0.2, 0) is 16.0 Å². The molecule has 0 atom stereocenters. The van der Waals surface area contributed by atoms with Crippen LogP contribution in [0.15, 0.2) is 42.0 Å². The van der Waals surface area contributed by atoms with Gasteiger partial charge in [-0.1, -0.05) is 23.7 Å². The van der Waals surface area contributed by atoms with Crippen molar-refractivity contribution in [1.29, 1.82) is 0 Å². The van der Waals surface area contributed by atoms with Crippen molar-refractivity contribution >= 4 is 39.7 Å².